The molecule has 8 nitrogen and oxygen atoms in total. The van der Waals surface area contributed by atoms with Crippen molar-refractivity contribution < 1.29 is 22.3 Å². The van der Waals surface area contributed by atoms with Gasteiger partial charge in [0.2, 0.25) is 21.8 Å². The number of carbonyl (C=O) groups is 1. The van der Waals surface area contributed by atoms with Gasteiger partial charge in [0.05, 0.1) is 6.20 Å². The summed E-state index contributed by atoms with van der Waals surface area (Å²) >= 11 is 0. The number of nitrogens with one attached hydrogen (secondary N) is 2. The number of hydrogen-bond acceptors (Lipinski definition) is 6. The zero-order valence-corrected chi connectivity index (χ0v) is 17.6. The molecule has 0 saturated heterocycles. The second-order valence-corrected chi connectivity index (χ2v) is 8.62. The molecular formula is C21H21FN4O4S. The van der Waals surface area contributed by atoms with Gasteiger partial charge in [-0.15, -0.1) is 0 Å². The van der Waals surface area contributed by atoms with E-state index in [1.807, 2.05) is 0 Å². The fourth-order valence-electron chi connectivity index (χ4n) is 2.70. The van der Waals surface area contributed by atoms with E-state index in [0.717, 1.165) is 12.1 Å². The van der Waals surface area contributed by atoms with Crippen LogP contribution in [0.2, 0.25) is 0 Å². The molecule has 0 bridgehead atoms. The highest BCUT2D eigenvalue weighted by atomic mass is 32.2. The molecule has 31 heavy (non-hydrogen) atoms. The van der Waals surface area contributed by atoms with Crippen LogP contribution in [0.5, 0.6) is 11.6 Å². The van der Waals surface area contributed by atoms with Crippen LogP contribution in [0.15, 0.2) is 72.0 Å². The molecular weight excluding hydrogens is 423 g/mol. The van der Waals surface area contributed by atoms with Gasteiger partial charge in [-0.2, -0.15) is 4.72 Å². The highest BCUT2D eigenvalue weighted by molar-refractivity contribution is 7.89. The van der Waals surface area contributed by atoms with Gasteiger partial charge < -0.3 is 10.1 Å². The van der Waals surface area contributed by atoms with E-state index in [1.54, 1.807) is 38.1 Å². The van der Waals surface area contributed by atoms with Gasteiger partial charge in [0, 0.05) is 24.1 Å². The summed E-state index contributed by atoms with van der Waals surface area (Å²) in [6.45, 7) is 3.36. The van der Waals surface area contributed by atoms with Crippen LogP contribution >= 0.6 is 0 Å². The van der Waals surface area contributed by atoms with E-state index in [0.29, 0.717) is 11.4 Å². The van der Waals surface area contributed by atoms with Crippen molar-refractivity contribution in [1.29, 1.82) is 0 Å². The minimum Gasteiger partial charge on any atom is -0.437 e. The number of rotatable bonds is 8. The second-order valence-electron chi connectivity index (χ2n) is 6.94. The molecule has 162 valence electrons. The molecule has 0 aliphatic heterocycles. The molecule has 0 spiro atoms. The van der Waals surface area contributed by atoms with E-state index >= 15 is 0 Å². The average Bonchev–Trinajstić information content (AvgIpc) is 2.73. The highest BCUT2D eigenvalue weighted by Crippen LogP contribution is 2.23. The van der Waals surface area contributed by atoms with Crippen LogP contribution in [0.4, 0.5) is 10.1 Å². The summed E-state index contributed by atoms with van der Waals surface area (Å²) in [6.07, 6.45) is 4.44. The lowest BCUT2D eigenvalue weighted by Crippen LogP contribution is -2.47. The first-order valence-corrected chi connectivity index (χ1v) is 10.9. The topological polar surface area (TPSA) is 110 Å². The van der Waals surface area contributed by atoms with Crippen LogP contribution < -0.4 is 14.8 Å². The van der Waals surface area contributed by atoms with E-state index in [4.69, 9.17) is 4.74 Å². The minimum atomic E-state index is -4.25. The Balaban J connectivity index is 1.75. The number of benzene rings is 2. The predicted molar refractivity (Wildman–Crippen MR) is 113 cm³/mol. The third-order valence-corrected chi connectivity index (χ3v) is 5.70. The third-order valence-electron chi connectivity index (χ3n) is 4.22. The van der Waals surface area contributed by atoms with Gasteiger partial charge in [-0.3, -0.25) is 9.78 Å². The normalized spacial score (nSPS) is 12.4. The molecule has 0 unspecified atom stereocenters. The maximum atomic E-state index is 14.0. The summed E-state index contributed by atoms with van der Waals surface area (Å²) < 4.78 is 47.1. The lowest BCUT2D eigenvalue weighted by Gasteiger charge is -2.22. The van der Waals surface area contributed by atoms with E-state index in [2.05, 4.69) is 20.0 Å². The van der Waals surface area contributed by atoms with Gasteiger partial charge in [-0.05, 0) is 30.2 Å². The molecule has 1 heterocycles. The van der Waals surface area contributed by atoms with E-state index in [9.17, 15) is 17.6 Å². The molecule has 0 fully saturated rings. The largest absolute Gasteiger partial charge is 0.437 e. The number of nitrogens with zero attached hydrogens (tertiary/aromatic N) is 2. The lowest BCUT2D eigenvalue weighted by molar-refractivity contribution is -0.118. The van der Waals surface area contributed by atoms with Gasteiger partial charge in [0.25, 0.3) is 0 Å². The number of aromatic nitrogens is 2. The molecule has 0 saturated carbocycles. The average molecular weight is 444 g/mol. The van der Waals surface area contributed by atoms with E-state index < -0.39 is 38.6 Å². The van der Waals surface area contributed by atoms with Crippen molar-refractivity contribution in [3.8, 4) is 11.6 Å². The molecule has 1 aromatic heterocycles. The summed E-state index contributed by atoms with van der Waals surface area (Å²) in [7, 11) is -4.25. The molecule has 0 radical (unpaired) electrons. The second kappa shape index (κ2) is 9.63. The lowest BCUT2D eigenvalue weighted by atomic mass is 10.0. The Hall–Kier alpha value is -3.37. The van der Waals surface area contributed by atoms with Crippen molar-refractivity contribution in [2.75, 3.05) is 5.32 Å². The number of halogens is 1. The quantitative estimate of drug-likeness (QED) is 0.551. The Labute approximate surface area is 179 Å². The molecule has 10 heteroatoms. The van der Waals surface area contributed by atoms with Crippen LogP contribution in [-0.2, 0) is 14.8 Å². The summed E-state index contributed by atoms with van der Waals surface area (Å²) in [5.41, 5.74) is 0.391. The molecule has 0 aliphatic rings. The smallest absolute Gasteiger partial charge is 0.244 e. The molecule has 3 aromatic rings. The van der Waals surface area contributed by atoms with Gasteiger partial charge in [0.15, 0.2) is 0 Å². The number of carbonyl (C=O) groups excluding carboxylic acids is 1. The standard InChI is InChI=1S/C21H21FN4O4S/c1-14(2)20(26-31(28,29)18-9-4-3-8-17(18)22)21(27)25-15-6-5-7-16(12-15)30-19-13-23-10-11-24-19/h3-14,20,26H,1-2H3,(H,25,27)/t20-/m1/s1. The molecule has 1 amide bonds. The van der Waals surface area contributed by atoms with Crippen LogP contribution in [-0.4, -0.2) is 30.3 Å². The number of hydrogen-bond donors (Lipinski definition) is 2. The first-order valence-electron chi connectivity index (χ1n) is 9.38. The summed E-state index contributed by atoms with van der Waals surface area (Å²) in [4.78, 5) is 20.2. The van der Waals surface area contributed by atoms with Gasteiger partial charge >= 0.3 is 0 Å². The third kappa shape index (κ3) is 5.83. The summed E-state index contributed by atoms with van der Waals surface area (Å²) in [5.74, 6) is -1.20. The molecule has 2 aromatic carbocycles. The summed E-state index contributed by atoms with van der Waals surface area (Å²) in [5, 5.41) is 2.66. The van der Waals surface area contributed by atoms with Crippen LogP contribution in [0.1, 0.15) is 13.8 Å². The Morgan fingerprint density at radius 1 is 1.10 bits per heavy atom. The van der Waals surface area contributed by atoms with E-state index in [-0.39, 0.29) is 5.88 Å². The van der Waals surface area contributed by atoms with Crippen LogP contribution in [0.3, 0.4) is 0 Å². The van der Waals surface area contributed by atoms with Crippen molar-refractivity contribution in [1.82, 2.24) is 14.7 Å². The fourth-order valence-corrected chi connectivity index (χ4v) is 4.12. The van der Waals surface area contributed by atoms with Gasteiger partial charge in [-0.25, -0.2) is 17.8 Å². The molecule has 1 atom stereocenters. The monoisotopic (exact) mass is 444 g/mol. The van der Waals surface area contributed by atoms with Crippen molar-refractivity contribution in [2.45, 2.75) is 24.8 Å². The van der Waals surface area contributed by atoms with Gasteiger partial charge in [0.1, 0.15) is 22.5 Å². The molecule has 3 rings (SSSR count). The zero-order valence-electron chi connectivity index (χ0n) is 16.8. The zero-order chi connectivity index (χ0) is 22.4. The maximum absolute atomic E-state index is 14.0. The fraction of sp³-hybridized carbons (Fsp3) is 0.190. The number of anilines is 1. The highest BCUT2D eigenvalue weighted by Gasteiger charge is 2.30. The minimum absolute atomic E-state index is 0.281. The Kier molecular flexibility index (Phi) is 6.93. The number of sulfonamides is 1. The number of ether oxygens (including phenoxy) is 1. The van der Waals surface area contributed by atoms with E-state index in [1.165, 1.54) is 30.7 Å². The molecule has 2 N–H and O–H groups in total. The number of amides is 1. The summed E-state index contributed by atoms with van der Waals surface area (Å²) in [6, 6.07) is 10.4. The first-order chi connectivity index (χ1) is 14.8. The van der Waals surface area contributed by atoms with Crippen molar-refractivity contribution in [2.24, 2.45) is 5.92 Å². The van der Waals surface area contributed by atoms with Crippen molar-refractivity contribution in [3.05, 3.63) is 72.9 Å². The Morgan fingerprint density at radius 2 is 1.87 bits per heavy atom. The van der Waals surface area contributed by atoms with Crippen molar-refractivity contribution >= 4 is 21.6 Å². The first kappa shape index (κ1) is 22.3. The Bertz CT molecular complexity index is 1160. The molecule has 0 aliphatic carbocycles. The van der Waals surface area contributed by atoms with Crippen LogP contribution in [0.25, 0.3) is 0 Å². The van der Waals surface area contributed by atoms with Gasteiger partial charge in [-0.1, -0.05) is 32.0 Å². The predicted octanol–water partition coefficient (Wildman–Crippen LogP) is 3.35. The Morgan fingerprint density at radius 3 is 2.55 bits per heavy atom. The van der Waals surface area contributed by atoms with Crippen LogP contribution in [0, 0.1) is 11.7 Å². The SMILES string of the molecule is CC(C)[C@@H](NS(=O)(=O)c1ccccc1F)C(=O)Nc1cccc(Oc2cnccn2)c1. The van der Waals surface area contributed by atoms with Crippen molar-refractivity contribution in [3.63, 3.8) is 0 Å². The maximum Gasteiger partial charge on any atom is 0.244 e.